The normalized spacial score (nSPS) is 11.0. The van der Waals surface area contributed by atoms with Crippen molar-refractivity contribution >= 4 is 22.9 Å². The third-order valence-electron chi connectivity index (χ3n) is 3.34. The topological polar surface area (TPSA) is 59.4 Å². The second-order valence-electron chi connectivity index (χ2n) is 5.01. The van der Waals surface area contributed by atoms with E-state index in [2.05, 4.69) is 4.98 Å². The van der Waals surface area contributed by atoms with Crippen LogP contribution in [0, 0.1) is 0 Å². The van der Waals surface area contributed by atoms with Crippen molar-refractivity contribution in [3.8, 4) is 5.75 Å². The molecule has 2 aromatic carbocycles. The van der Waals surface area contributed by atoms with E-state index in [4.69, 9.17) is 9.84 Å². The van der Waals surface area contributed by atoms with Gasteiger partial charge in [0.25, 0.3) is 0 Å². The van der Waals surface area contributed by atoms with Gasteiger partial charge in [-0.05, 0) is 23.8 Å². The maximum Gasteiger partial charge on any atom is 0.328 e. The fraction of sp³-hybridized carbons (Fsp3) is 0.0526. The number of hydrogen-bond acceptors (Lipinski definition) is 3. The zero-order valence-corrected chi connectivity index (χ0v) is 12.3. The molecule has 0 unspecified atom stereocenters. The molecule has 114 valence electrons. The quantitative estimate of drug-likeness (QED) is 0.726. The molecule has 4 heteroatoms. The molecule has 3 aromatic rings. The third-order valence-corrected chi connectivity index (χ3v) is 3.34. The molecule has 4 nitrogen and oxygen atoms in total. The molecule has 0 fully saturated rings. The van der Waals surface area contributed by atoms with Crippen LogP contribution in [0.3, 0.4) is 0 Å². The first-order valence-electron chi connectivity index (χ1n) is 7.20. The van der Waals surface area contributed by atoms with Gasteiger partial charge in [-0.25, -0.2) is 9.78 Å². The number of hydrogen-bond donors (Lipinski definition) is 1. The summed E-state index contributed by atoms with van der Waals surface area (Å²) in [6.07, 6.45) is 2.54. The number of benzene rings is 2. The molecule has 0 saturated carbocycles. The monoisotopic (exact) mass is 305 g/mol. The summed E-state index contributed by atoms with van der Waals surface area (Å²) in [5, 5.41) is 9.66. The largest absolute Gasteiger partial charge is 0.487 e. The van der Waals surface area contributed by atoms with Crippen molar-refractivity contribution in [1.29, 1.82) is 0 Å². The highest BCUT2D eigenvalue weighted by atomic mass is 16.5. The van der Waals surface area contributed by atoms with E-state index in [9.17, 15) is 4.79 Å². The number of pyridine rings is 1. The molecule has 0 atom stereocenters. The number of ether oxygens (including phenoxy) is 1. The van der Waals surface area contributed by atoms with Gasteiger partial charge in [0.2, 0.25) is 0 Å². The number of carbonyl (C=O) groups is 1. The van der Waals surface area contributed by atoms with Crippen molar-refractivity contribution in [3.05, 3.63) is 78.0 Å². The Labute approximate surface area is 133 Å². The van der Waals surface area contributed by atoms with E-state index in [0.29, 0.717) is 18.1 Å². The lowest BCUT2D eigenvalue weighted by molar-refractivity contribution is -0.131. The molecule has 23 heavy (non-hydrogen) atoms. The predicted octanol–water partition coefficient (Wildman–Crippen LogP) is 3.91. The second-order valence-corrected chi connectivity index (χ2v) is 5.01. The van der Waals surface area contributed by atoms with Gasteiger partial charge < -0.3 is 9.84 Å². The van der Waals surface area contributed by atoms with Crippen LogP contribution in [-0.4, -0.2) is 16.1 Å². The highest BCUT2D eigenvalue weighted by Crippen LogP contribution is 2.25. The van der Waals surface area contributed by atoms with Crippen LogP contribution in [-0.2, 0) is 11.4 Å². The summed E-state index contributed by atoms with van der Waals surface area (Å²) in [5.41, 5.74) is 2.37. The second kappa shape index (κ2) is 6.75. The lowest BCUT2D eigenvalue weighted by atomic mass is 10.2. The molecule has 0 aliphatic rings. The van der Waals surface area contributed by atoms with Crippen LogP contribution in [0.25, 0.3) is 17.0 Å². The lowest BCUT2D eigenvalue weighted by Gasteiger charge is -2.09. The minimum atomic E-state index is -1.000. The minimum Gasteiger partial charge on any atom is -0.487 e. The van der Waals surface area contributed by atoms with E-state index in [1.54, 1.807) is 6.07 Å². The van der Waals surface area contributed by atoms with Gasteiger partial charge >= 0.3 is 5.97 Å². The Hall–Kier alpha value is -3.14. The van der Waals surface area contributed by atoms with Crippen LogP contribution in [0.15, 0.2) is 66.7 Å². The van der Waals surface area contributed by atoms with E-state index < -0.39 is 5.97 Å². The third kappa shape index (κ3) is 3.74. The molecule has 3 rings (SSSR count). The fourth-order valence-corrected chi connectivity index (χ4v) is 2.24. The number of rotatable bonds is 5. The summed E-state index contributed by atoms with van der Waals surface area (Å²) in [5.74, 6) is -0.322. The molecule has 0 spiro atoms. The number of fused-ring (bicyclic) bond motifs is 1. The lowest BCUT2D eigenvalue weighted by Crippen LogP contribution is -1.97. The summed E-state index contributed by atoms with van der Waals surface area (Å²) >= 11 is 0. The number of carboxylic acids is 1. The Morgan fingerprint density at radius 1 is 1.04 bits per heavy atom. The summed E-state index contributed by atoms with van der Waals surface area (Å²) in [6, 6.07) is 19.3. The molecule has 0 radical (unpaired) electrons. The van der Waals surface area contributed by atoms with Crippen LogP contribution in [0.1, 0.15) is 11.3 Å². The molecule has 0 saturated heterocycles. The average Bonchev–Trinajstić information content (AvgIpc) is 2.59. The SMILES string of the molecule is O=C(O)/C=C/c1ccc2cccc(OCc3ccccc3)c2n1. The van der Waals surface area contributed by atoms with Crippen molar-refractivity contribution in [1.82, 2.24) is 4.98 Å². The molecule has 1 heterocycles. The van der Waals surface area contributed by atoms with Crippen molar-refractivity contribution < 1.29 is 14.6 Å². The Morgan fingerprint density at radius 2 is 1.87 bits per heavy atom. The Morgan fingerprint density at radius 3 is 2.65 bits per heavy atom. The molecular weight excluding hydrogens is 290 g/mol. The van der Waals surface area contributed by atoms with E-state index in [0.717, 1.165) is 22.5 Å². The Kier molecular flexibility index (Phi) is 4.34. The highest BCUT2D eigenvalue weighted by Gasteiger charge is 2.05. The molecular formula is C19H15NO3. The number of carboxylic acid groups (broad SMARTS) is 1. The van der Waals surface area contributed by atoms with Gasteiger partial charge in [-0.15, -0.1) is 0 Å². The first-order chi connectivity index (χ1) is 11.2. The number of aromatic nitrogens is 1. The summed E-state index contributed by atoms with van der Waals surface area (Å²) in [6.45, 7) is 0.455. The molecule has 0 amide bonds. The fourth-order valence-electron chi connectivity index (χ4n) is 2.24. The molecule has 0 aliphatic heterocycles. The maximum atomic E-state index is 10.6. The molecule has 0 aliphatic carbocycles. The summed E-state index contributed by atoms with van der Waals surface area (Å²) < 4.78 is 5.88. The first-order valence-corrected chi connectivity index (χ1v) is 7.20. The van der Waals surface area contributed by atoms with Gasteiger partial charge in [0.15, 0.2) is 0 Å². The zero-order valence-electron chi connectivity index (χ0n) is 12.3. The standard InChI is InChI=1S/C19H15NO3/c21-18(22)12-11-16-10-9-15-7-4-8-17(19(15)20-16)23-13-14-5-2-1-3-6-14/h1-12H,13H2,(H,21,22)/b12-11+. The number of aliphatic carboxylic acids is 1. The van der Waals surface area contributed by atoms with Gasteiger partial charge in [0, 0.05) is 11.5 Å². The van der Waals surface area contributed by atoms with Crippen molar-refractivity contribution in [2.75, 3.05) is 0 Å². The Balaban J connectivity index is 1.89. The van der Waals surface area contributed by atoms with Gasteiger partial charge in [0.1, 0.15) is 17.9 Å². The zero-order chi connectivity index (χ0) is 16.1. The maximum absolute atomic E-state index is 10.6. The van der Waals surface area contributed by atoms with Crippen LogP contribution in [0.4, 0.5) is 0 Å². The van der Waals surface area contributed by atoms with Crippen LogP contribution >= 0.6 is 0 Å². The summed E-state index contributed by atoms with van der Waals surface area (Å²) in [4.78, 5) is 15.1. The van der Waals surface area contributed by atoms with E-state index in [1.165, 1.54) is 6.08 Å². The van der Waals surface area contributed by atoms with E-state index >= 15 is 0 Å². The molecule has 0 bridgehead atoms. The van der Waals surface area contributed by atoms with Crippen LogP contribution in [0.2, 0.25) is 0 Å². The van der Waals surface area contributed by atoms with Crippen LogP contribution < -0.4 is 4.74 Å². The smallest absolute Gasteiger partial charge is 0.328 e. The van der Waals surface area contributed by atoms with Gasteiger partial charge in [-0.3, -0.25) is 0 Å². The predicted molar refractivity (Wildman–Crippen MR) is 89.2 cm³/mol. The van der Waals surface area contributed by atoms with Crippen molar-refractivity contribution in [3.63, 3.8) is 0 Å². The first kappa shape index (κ1) is 14.8. The van der Waals surface area contributed by atoms with Gasteiger partial charge in [-0.1, -0.05) is 48.5 Å². The van der Waals surface area contributed by atoms with E-state index in [1.807, 2.05) is 54.6 Å². The van der Waals surface area contributed by atoms with E-state index in [-0.39, 0.29) is 0 Å². The highest BCUT2D eigenvalue weighted by molar-refractivity contribution is 5.88. The number of para-hydroxylation sites is 1. The van der Waals surface area contributed by atoms with Gasteiger partial charge in [0.05, 0.1) is 5.69 Å². The summed E-state index contributed by atoms with van der Waals surface area (Å²) in [7, 11) is 0. The minimum absolute atomic E-state index is 0.455. The molecule has 1 N–H and O–H groups in total. The molecule has 1 aromatic heterocycles. The van der Waals surface area contributed by atoms with Gasteiger partial charge in [-0.2, -0.15) is 0 Å². The van der Waals surface area contributed by atoms with Crippen molar-refractivity contribution in [2.45, 2.75) is 6.61 Å². The van der Waals surface area contributed by atoms with Crippen molar-refractivity contribution in [2.24, 2.45) is 0 Å². The number of nitrogens with zero attached hydrogens (tertiary/aromatic N) is 1. The average molecular weight is 305 g/mol. The van der Waals surface area contributed by atoms with Crippen LogP contribution in [0.5, 0.6) is 5.75 Å². The Bertz CT molecular complexity index is 857.